The van der Waals surface area contributed by atoms with Crippen molar-refractivity contribution in [3.63, 3.8) is 0 Å². The van der Waals surface area contributed by atoms with Crippen molar-refractivity contribution < 1.29 is 13.2 Å². The first-order valence-corrected chi connectivity index (χ1v) is 6.51. The number of hydrogen-bond donors (Lipinski definition) is 1. The van der Waals surface area contributed by atoms with E-state index in [2.05, 4.69) is 15.2 Å². The second-order valence-corrected chi connectivity index (χ2v) is 4.74. The minimum Gasteiger partial charge on any atom is -0.273 e. The third-order valence-electron chi connectivity index (χ3n) is 3.12. The van der Waals surface area contributed by atoms with Crippen molar-refractivity contribution in [1.29, 1.82) is 0 Å². The lowest BCUT2D eigenvalue weighted by Crippen LogP contribution is -2.20. The van der Waals surface area contributed by atoms with Crippen LogP contribution in [0, 0.1) is 6.92 Å². The number of aromatic amines is 1. The summed E-state index contributed by atoms with van der Waals surface area (Å²) in [6.07, 6.45) is -3.45. The van der Waals surface area contributed by atoms with E-state index >= 15 is 0 Å². The molecule has 0 saturated carbocycles. The van der Waals surface area contributed by atoms with Crippen molar-refractivity contribution in [1.82, 2.24) is 19.9 Å². The minimum absolute atomic E-state index is 0.0446. The zero-order valence-corrected chi connectivity index (χ0v) is 11.8. The largest absolute Gasteiger partial charge is 0.432 e. The van der Waals surface area contributed by atoms with Crippen molar-refractivity contribution >= 4 is 17.1 Å². The Morgan fingerprint density at radius 1 is 1.30 bits per heavy atom. The van der Waals surface area contributed by atoms with E-state index in [4.69, 9.17) is 0 Å². The third kappa shape index (κ3) is 2.85. The Bertz CT molecular complexity index is 955. The molecule has 0 amide bonds. The Morgan fingerprint density at radius 3 is 2.74 bits per heavy atom. The molecule has 0 atom stereocenters. The lowest BCUT2D eigenvalue weighted by molar-refractivity contribution is -0.141. The van der Waals surface area contributed by atoms with Crippen LogP contribution in [-0.4, -0.2) is 26.1 Å². The van der Waals surface area contributed by atoms with Gasteiger partial charge in [0, 0.05) is 0 Å². The number of aromatic nitrogens is 4. The van der Waals surface area contributed by atoms with Crippen molar-refractivity contribution in [3.8, 4) is 0 Å². The van der Waals surface area contributed by atoms with Gasteiger partial charge in [-0.2, -0.15) is 28.0 Å². The van der Waals surface area contributed by atoms with Crippen LogP contribution in [0.3, 0.4) is 0 Å². The molecular formula is C14H10F3N5O. The first-order chi connectivity index (χ1) is 10.9. The van der Waals surface area contributed by atoms with E-state index in [1.807, 2.05) is 5.10 Å². The zero-order chi connectivity index (χ0) is 16.6. The van der Waals surface area contributed by atoms with Gasteiger partial charge in [0.15, 0.2) is 0 Å². The Morgan fingerprint density at radius 2 is 2.04 bits per heavy atom. The molecule has 118 valence electrons. The molecule has 0 aliphatic heterocycles. The summed E-state index contributed by atoms with van der Waals surface area (Å²) in [4.78, 5) is 16.6. The molecule has 2 aromatic heterocycles. The second kappa shape index (κ2) is 5.34. The molecule has 2 heterocycles. The van der Waals surface area contributed by atoms with E-state index < -0.39 is 17.4 Å². The van der Waals surface area contributed by atoms with E-state index in [-0.39, 0.29) is 5.69 Å². The highest BCUT2D eigenvalue weighted by Gasteiger charge is 2.32. The van der Waals surface area contributed by atoms with E-state index in [9.17, 15) is 18.0 Å². The number of rotatable bonds is 2. The number of nitrogens with zero attached hydrogens (tertiary/aromatic N) is 4. The molecule has 23 heavy (non-hydrogen) atoms. The van der Waals surface area contributed by atoms with Gasteiger partial charge in [-0.25, -0.2) is 4.98 Å². The maximum Gasteiger partial charge on any atom is 0.432 e. The van der Waals surface area contributed by atoms with Crippen LogP contribution in [0.2, 0.25) is 0 Å². The molecule has 3 rings (SSSR count). The highest BCUT2D eigenvalue weighted by atomic mass is 19.4. The monoisotopic (exact) mass is 321 g/mol. The molecule has 0 fully saturated rings. The lowest BCUT2D eigenvalue weighted by atomic mass is 10.2. The summed E-state index contributed by atoms with van der Waals surface area (Å²) >= 11 is 0. The second-order valence-electron chi connectivity index (χ2n) is 4.74. The van der Waals surface area contributed by atoms with Crippen LogP contribution in [0.15, 0.2) is 40.2 Å². The van der Waals surface area contributed by atoms with Gasteiger partial charge in [-0.1, -0.05) is 12.1 Å². The zero-order valence-electron chi connectivity index (χ0n) is 11.8. The van der Waals surface area contributed by atoms with Gasteiger partial charge >= 0.3 is 6.18 Å². The molecule has 9 heteroatoms. The van der Waals surface area contributed by atoms with Crippen LogP contribution in [-0.2, 0) is 6.18 Å². The van der Waals surface area contributed by atoms with Crippen LogP contribution in [0.5, 0.6) is 0 Å². The molecule has 0 saturated heterocycles. The van der Waals surface area contributed by atoms with Gasteiger partial charge < -0.3 is 0 Å². The predicted octanol–water partition coefficient (Wildman–Crippen LogP) is 2.33. The normalized spacial score (nSPS) is 12.3. The molecular weight excluding hydrogens is 311 g/mol. The Hall–Kier alpha value is -2.97. The van der Waals surface area contributed by atoms with E-state index in [0.717, 1.165) is 17.0 Å². The SMILES string of the molecule is Cc1nc2ccccc2c(=O)n1/N=C/c1cc(C(F)(F)F)[nH]n1. The van der Waals surface area contributed by atoms with Gasteiger partial charge in [0.2, 0.25) is 0 Å². The summed E-state index contributed by atoms with van der Waals surface area (Å²) in [5.74, 6) is 0.316. The standard InChI is InChI=1S/C14H10F3N5O/c1-8-19-11-5-3-2-4-10(11)13(23)22(8)18-7-9-6-12(21-20-9)14(15,16)17/h2-7H,1H3,(H,20,21)/b18-7+. The molecule has 0 aliphatic carbocycles. The predicted molar refractivity (Wildman–Crippen MR) is 77.3 cm³/mol. The van der Waals surface area contributed by atoms with Gasteiger partial charge in [-0.05, 0) is 25.1 Å². The van der Waals surface area contributed by atoms with Crippen molar-refractivity contribution in [2.75, 3.05) is 0 Å². The van der Waals surface area contributed by atoms with Crippen LogP contribution < -0.4 is 5.56 Å². The third-order valence-corrected chi connectivity index (χ3v) is 3.12. The van der Waals surface area contributed by atoms with Crippen LogP contribution >= 0.6 is 0 Å². The number of halogens is 3. The number of fused-ring (bicyclic) bond motifs is 1. The van der Waals surface area contributed by atoms with Crippen LogP contribution in [0.1, 0.15) is 17.2 Å². The molecule has 0 radical (unpaired) electrons. The number of benzene rings is 1. The molecule has 0 aliphatic rings. The maximum absolute atomic E-state index is 12.5. The van der Waals surface area contributed by atoms with Crippen LogP contribution in [0.4, 0.5) is 13.2 Å². The summed E-state index contributed by atoms with van der Waals surface area (Å²) in [6, 6.07) is 7.55. The summed E-state index contributed by atoms with van der Waals surface area (Å²) in [7, 11) is 0. The lowest BCUT2D eigenvalue weighted by Gasteiger charge is -2.04. The molecule has 0 spiro atoms. The summed E-state index contributed by atoms with van der Waals surface area (Å²) in [5.41, 5.74) is -0.909. The summed E-state index contributed by atoms with van der Waals surface area (Å²) in [6.45, 7) is 1.58. The summed E-state index contributed by atoms with van der Waals surface area (Å²) in [5, 5.41) is 9.62. The highest BCUT2D eigenvalue weighted by molar-refractivity contribution is 5.79. The van der Waals surface area contributed by atoms with Gasteiger partial charge in [0.1, 0.15) is 17.2 Å². The van der Waals surface area contributed by atoms with Gasteiger partial charge in [-0.3, -0.25) is 9.89 Å². The maximum atomic E-state index is 12.5. The van der Waals surface area contributed by atoms with Crippen LogP contribution in [0.25, 0.3) is 10.9 Å². The number of nitrogens with one attached hydrogen (secondary N) is 1. The fourth-order valence-electron chi connectivity index (χ4n) is 2.04. The Labute approximate surface area is 127 Å². The summed E-state index contributed by atoms with van der Waals surface area (Å²) < 4.78 is 38.5. The van der Waals surface area contributed by atoms with E-state index in [1.165, 1.54) is 0 Å². The first kappa shape index (κ1) is 14.9. The fourth-order valence-corrected chi connectivity index (χ4v) is 2.04. The molecule has 1 N–H and O–H groups in total. The highest BCUT2D eigenvalue weighted by Crippen LogP contribution is 2.27. The Kier molecular flexibility index (Phi) is 3.47. The number of alkyl halides is 3. The first-order valence-electron chi connectivity index (χ1n) is 6.51. The van der Waals surface area contributed by atoms with Crippen molar-refractivity contribution in [2.45, 2.75) is 13.1 Å². The number of aryl methyl sites for hydroxylation is 1. The van der Waals surface area contributed by atoms with Crippen molar-refractivity contribution in [3.05, 3.63) is 57.9 Å². The number of H-pyrrole nitrogens is 1. The molecule has 3 aromatic rings. The number of hydrogen-bond acceptors (Lipinski definition) is 4. The van der Waals surface area contributed by atoms with Crippen molar-refractivity contribution in [2.24, 2.45) is 5.10 Å². The van der Waals surface area contributed by atoms with Gasteiger partial charge in [0.05, 0.1) is 17.1 Å². The quantitative estimate of drug-likeness (QED) is 0.736. The van der Waals surface area contributed by atoms with E-state index in [0.29, 0.717) is 16.7 Å². The smallest absolute Gasteiger partial charge is 0.273 e. The molecule has 0 bridgehead atoms. The molecule has 0 unspecified atom stereocenters. The number of para-hydroxylation sites is 1. The van der Waals surface area contributed by atoms with Gasteiger partial charge in [0.25, 0.3) is 5.56 Å². The topological polar surface area (TPSA) is 75.9 Å². The molecule has 1 aromatic carbocycles. The average molecular weight is 321 g/mol. The Balaban J connectivity index is 2.01. The van der Waals surface area contributed by atoms with E-state index in [1.54, 1.807) is 31.2 Å². The minimum atomic E-state index is -4.52. The molecule has 6 nitrogen and oxygen atoms in total. The van der Waals surface area contributed by atoms with Gasteiger partial charge in [-0.15, -0.1) is 0 Å². The average Bonchev–Trinajstić information content (AvgIpc) is 2.96. The fraction of sp³-hybridized carbons (Fsp3) is 0.143.